The Kier molecular flexibility index (Phi) is 8.20. The van der Waals surface area contributed by atoms with E-state index < -0.39 is 0 Å². The third-order valence-electron chi connectivity index (χ3n) is 5.08. The molecule has 31 heavy (non-hydrogen) atoms. The molecule has 1 aliphatic heterocycles. The monoisotopic (exact) mass is 443 g/mol. The first-order valence-corrected chi connectivity index (χ1v) is 11.4. The second kappa shape index (κ2) is 11.1. The van der Waals surface area contributed by atoms with Crippen LogP contribution in [0.2, 0.25) is 0 Å². The Morgan fingerprint density at radius 2 is 1.97 bits per heavy atom. The number of carbonyl (C=O) groups is 2. The van der Waals surface area contributed by atoms with Gasteiger partial charge < -0.3 is 25.0 Å². The van der Waals surface area contributed by atoms with Crippen LogP contribution in [0, 0.1) is 0 Å². The maximum atomic E-state index is 12.8. The SMILES string of the molecule is CCN(CC)CCOc1cc(NC(=O)c2ccc3c(c2)NC(=O)CCS3)ccc1OC. The van der Waals surface area contributed by atoms with Crippen molar-refractivity contribution in [2.45, 2.75) is 25.2 Å². The van der Waals surface area contributed by atoms with Gasteiger partial charge in [-0.3, -0.25) is 9.59 Å². The zero-order valence-corrected chi connectivity index (χ0v) is 19.0. The van der Waals surface area contributed by atoms with Crippen molar-refractivity contribution in [2.75, 3.05) is 49.7 Å². The maximum absolute atomic E-state index is 12.8. The van der Waals surface area contributed by atoms with Crippen LogP contribution < -0.4 is 20.1 Å². The molecule has 0 fully saturated rings. The van der Waals surface area contributed by atoms with E-state index in [1.54, 1.807) is 49.2 Å². The van der Waals surface area contributed by atoms with Crippen LogP contribution in [0.1, 0.15) is 30.6 Å². The summed E-state index contributed by atoms with van der Waals surface area (Å²) in [6, 6.07) is 10.7. The summed E-state index contributed by atoms with van der Waals surface area (Å²) in [5.41, 5.74) is 1.76. The number of hydrogen-bond donors (Lipinski definition) is 2. The Balaban J connectivity index is 1.70. The average molecular weight is 444 g/mol. The van der Waals surface area contributed by atoms with Crippen molar-refractivity contribution < 1.29 is 19.1 Å². The largest absolute Gasteiger partial charge is 0.493 e. The van der Waals surface area contributed by atoms with E-state index in [1.165, 1.54) is 0 Å². The number of fused-ring (bicyclic) bond motifs is 1. The molecule has 2 amide bonds. The van der Waals surface area contributed by atoms with Crippen LogP contribution in [-0.2, 0) is 4.79 Å². The molecule has 0 saturated heterocycles. The number of methoxy groups -OCH3 is 1. The van der Waals surface area contributed by atoms with Gasteiger partial charge in [-0.25, -0.2) is 0 Å². The molecule has 166 valence electrons. The van der Waals surface area contributed by atoms with E-state index >= 15 is 0 Å². The minimum atomic E-state index is -0.259. The first kappa shape index (κ1) is 23.0. The van der Waals surface area contributed by atoms with Crippen molar-refractivity contribution >= 4 is 35.0 Å². The lowest BCUT2D eigenvalue weighted by molar-refractivity contribution is -0.115. The Morgan fingerprint density at radius 3 is 2.71 bits per heavy atom. The number of carbonyl (C=O) groups excluding carboxylic acids is 2. The minimum Gasteiger partial charge on any atom is -0.493 e. The van der Waals surface area contributed by atoms with Crippen LogP contribution in [0.3, 0.4) is 0 Å². The number of rotatable bonds is 9. The van der Waals surface area contributed by atoms with Crippen molar-refractivity contribution in [2.24, 2.45) is 0 Å². The summed E-state index contributed by atoms with van der Waals surface area (Å²) in [7, 11) is 1.59. The summed E-state index contributed by atoms with van der Waals surface area (Å²) in [5.74, 6) is 1.63. The molecule has 0 radical (unpaired) electrons. The number of nitrogens with one attached hydrogen (secondary N) is 2. The molecule has 0 saturated carbocycles. The van der Waals surface area contributed by atoms with E-state index in [0.29, 0.717) is 41.5 Å². The molecule has 0 aliphatic carbocycles. The van der Waals surface area contributed by atoms with Gasteiger partial charge in [0.15, 0.2) is 11.5 Å². The lowest BCUT2D eigenvalue weighted by Gasteiger charge is -2.19. The van der Waals surface area contributed by atoms with Gasteiger partial charge in [-0.2, -0.15) is 0 Å². The third-order valence-corrected chi connectivity index (χ3v) is 6.16. The predicted octanol–water partition coefficient (Wildman–Crippen LogP) is 4.10. The van der Waals surface area contributed by atoms with Crippen LogP contribution in [0.5, 0.6) is 11.5 Å². The number of benzene rings is 2. The normalized spacial score (nSPS) is 13.2. The third kappa shape index (κ3) is 6.15. The van der Waals surface area contributed by atoms with Gasteiger partial charge in [-0.1, -0.05) is 13.8 Å². The zero-order valence-electron chi connectivity index (χ0n) is 18.2. The van der Waals surface area contributed by atoms with Gasteiger partial charge in [-0.05, 0) is 43.4 Å². The molecule has 2 N–H and O–H groups in total. The molecule has 3 rings (SSSR count). The zero-order chi connectivity index (χ0) is 22.2. The molecule has 0 unspecified atom stereocenters. The number of hydrogen-bond acceptors (Lipinski definition) is 6. The highest BCUT2D eigenvalue weighted by molar-refractivity contribution is 7.99. The summed E-state index contributed by atoms with van der Waals surface area (Å²) in [4.78, 5) is 27.9. The second-order valence-corrected chi connectivity index (χ2v) is 8.19. The molecular formula is C23H29N3O4S. The van der Waals surface area contributed by atoms with Crippen molar-refractivity contribution in [1.82, 2.24) is 4.90 Å². The second-order valence-electron chi connectivity index (χ2n) is 7.05. The molecule has 0 aromatic heterocycles. The van der Waals surface area contributed by atoms with E-state index in [4.69, 9.17) is 9.47 Å². The molecule has 0 bridgehead atoms. The fraction of sp³-hybridized carbons (Fsp3) is 0.391. The van der Waals surface area contributed by atoms with Crippen molar-refractivity contribution in [3.05, 3.63) is 42.0 Å². The predicted molar refractivity (Wildman–Crippen MR) is 125 cm³/mol. The molecule has 8 heteroatoms. The fourth-order valence-corrected chi connectivity index (χ4v) is 4.19. The number of ether oxygens (including phenoxy) is 2. The summed E-state index contributed by atoms with van der Waals surface area (Å²) < 4.78 is 11.3. The summed E-state index contributed by atoms with van der Waals surface area (Å²) in [6.07, 6.45) is 0.462. The van der Waals surface area contributed by atoms with E-state index in [9.17, 15) is 9.59 Å². The molecule has 7 nitrogen and oxygen atoms in total. The van der Waals surface area contributed by atoms with Gasteiger partial charge in [-0.15, -0.1) is 11.8 Å². The van der Waals surface area contributed by atoms with Crippen LogP contribution in [-0.4, -0.2) is 55.8 Å². The van der Waals surface area contributed by atoms with E-state index in [-0.39, 0.29) is 11.8 Å². The van der Waals surface area contributed by atoms with Gasteiger partial charge in [0.1, 0.15) is 6.61 Å². The maximum Gasteiger partial charge on any atom is 0.255 e. The van der Waals surface area contributed by atoms with Gasteiger partial charge in [0, 0.05) is 40.9 Å². The summed E-state index contributed by atoms with van der Waals surface area (Å²) >= 11 is 1.61. The highest BCUT2D eigenvalue weighted by Gasteiger charge is 2.16. The molecule has 1 aliphatic rings. The Hall–Kier alpha value is -2.71. The molecule has 2 aromatic rings. The summed E-state index contributed by atoms with van der Waals surface area (Å²) in [6.45, 7) is 7.50. The van der Waals surface area contributed by atoms with Crippen molar-refractivity contribution in [1.29, 1.82) is 0 Å². The number of likely N-dealkylation sites (N-methyl/N-ethyl adjacent to an activating group) is 1. The molecular weight excluding hydrogens is 414 g/mol. The minimum absolute atomic E-state index is 0.0366. The standard InChI is InChI=1S/C23H29N3O4S/c1-4-26(5-2)11-12-30-20-15-17(7-8-19(20)29-3)24-23(28)16-6-9-21-18(14-16)25-22(27)10-13-31-21/h6-9,14-15H,4-5,10-13H2,1-3H3,(H,24,28)(H,25,27). The Morgan fingerprint density at radius 1 is 1.16 bits per heavy atom. The van der Waals surface area contributed by atoms with Gasteiger partial charge in [0.05, 0.1) is 12.8 Å². The Bertz CT molecular complexity index is 931. The highest BCUT2D eigenvalue weighted by Crippen LogP contribution is 2.33. The van der Waals surface area contributed by atoms with Crippen LogP contribution in [0.4, 0.5) is 11.4 Å². The van der Waals surface area contributed by atoms with E-state index in [1.807, 2.05) is 6.07 Å². The number of anilines is 2. The van der Waals surface area contributed by atoms with E-state index in [0.717, 1.165) is 30.3 Å². The Labute approximate surface area is 187 Å². The average Bonchev–Trinajstić information content (AvgIpc) is 2.96. The van der Waals surface area contributed by atoms with Crippen LogP contribution >= 0.6 is 11.8 Å². The lowest BCUT2D eigenvalue weighted by atomic mass is 10.1. The molecule has 0 atom stereocenters. The van der Waals surface area contributed by atoms with Crippen LogP contribution in [0.25, 0.3) is 0 Å². The molecule has 0 spiro atoms. The number of nitrogens with zero attached hydrogens (tertiary/aromatic N) is 1. The number of thioether (sulfide) groups is 1. The fourth-order valence-electron chi connectivity index (χ4n) is 3.26. The topological polar surface area (TPSA) is 79.9 Å². The van der Waals surface area contributed by atoms with Crippen molar-refractivity contribution in [3.8, 4) is 11.5 Å². The summed E-state index contributed by atoms with van der Waals surface area (Å²) in [5, 5.41) is 5.77. The van der Waals surface area contributed by atoms with Crippen LogP contribution in [0.15, 0.2) is 41.3 Å². The quantitative estimate of drug-likeness (QED) is 0.607. The van der Waals surface area contributed by atoms with Gasteiger partial charge >= 0.3 is 0 Å². The van der Waals surface area contributed by atoms with Gasteiger partial charge in [0.25, 0.3) is 5.91 Å². The number of amides is 2. The van der Waals surface area contributed by atoms with Gasteiger partial charge in [0.2, 0.25) is 5.91 Å². The molecule has 2 aromatic carbocycles. The molecule has 1 heterocycles. The highest BCUT2D eigenvalue weighted by atomic mass is 32.2. The van der Waals surface area contributed by atoms with Crippen molar-refractivity contribution in [3.63, 3.8) is 0 Å². The first-order chi connectivity index (χ1) is 15.0. The lowest BCUT2D eigenvalue weighted by Crippen LogP contribution is -2.28. The first-order valence-electron chi connectivity index (χ1n) is 10.4. The van der Waals surface area contributed by atoms with E-state index in [2.05, 4.69) is 29.4 Å². The smallest absolute Gasteiger partial charge is 0.255 e.